The van der Waals surface area contributed by atoms with Crippen LogP contribution in [-0.4, -0.2) is 24.0 Å². The van der Waals surface area contributed by atoms with Gasteiger partial charge in [-0.3, -0.25) is 4.79 Å². The Morgan fingerprint density at radius 1 is 1.22 bits per heavy atom. The molecule has 0 radical (unpaired) electrons. The molecule has 1 unspecified atom stereocenters. The van der Waals surface area contributed by atoms with Gasteiger partial charge in [-0.1, -0.05) is 6.07 Å². The van der Waals surface area contributed by atoms with Crippen LogP contribution in [0.2, 0.25) is 0 Å². The number of aromatic nitrogens is 1. The Labute approximate surface area is 142 Å². The van der Waals surface area contributed by atoms with E-state index in [1.807, 2.05) is 18.2 Å². The number of esters is 1. The van der Waals surface area contributed by atoms with Gasteiger partial charge in [0.15, 0.2) is 0 Å². The number of amides is 1. The van der Waals surface area contributed by atoms with Gasteiger partial charge < -0.3 is 10.1 Å². The predicted octanol–water partition coefficient (Wildman–Crippen LogP) is 2.98. The number of fused-ring (bicyclic) bond motifs is 1. The summed E-state index contributed by atoms with van der Waals surface area (Å²) in [5.41, 5.74) is 2.64. The van der Waals surface area contributed by atoms with Crippen LogP contribution in [0.25, 0.3) is 0 Å². The first-order chi connectivity index (χ1) is 11.1. The third kappa shape index (κ3) is 3.42. The van der Waals surface area contributed by atoms with E-state index in [0.29, 0.717) is 24.2 Å². The number of rotatable bonds is 3. The fourth-order valence-corrected chi connectivity index (χ4v) is 2.96. The minimum absolute atomic E-state index is 0.0596. The zero-order valence-electron chi connectivity index (χ0n) is 12.5. The van der Waals surface area contributed by atoms with Gasteiger partial charge in [0.05, 0.1) is 12.7 Å². The second-order valence-electron chi connectivity index (χ2n) is 5.43. The van der Waals surface area contributed by atoms with Crippen molar-refractivity contribution >= 4 is 33.6 Å². The van der Waals surface area contributed by atoms with Gasteiger partial charge in [-0.05, 0) is 64.2 Å². The van der Waals surface area contributed by atoms with E-state index in [1.54, 1.807) is 18.3 Å². The minimum atomic E-state index is -0.361. The number of nitrogens with one attached hydrogen (secondary N) is 1. The molecule has 1 aliphatic carbocycles. The van der Waals surface area contributed by atoms with Crippen molar-refractivity contribution < 1.29 is 14.3 Å². The molecule has 0 bridgehead atoms. The summed E-state index contributed by atoms with van der Waals surface area (Å²) in [6.45, 7) is 0. The normalized spacial score (nSPS) is 15.8. The lowest BCUT2D eigenvalue weighted by Gasteiger charge is -2.09. The number of carbonyl (C=O) groups excluding carboxylic acids is 2. The molecule has 1 atom stereocenters. The number of nitrogens with zero attached hydrogens (tertiary/aromatic N) is 1. The van der Waals surface area contributed by atoms with Gasteiger partial charge in [-0.25, -0.2) is 9.78 Å². The number of methoxy groups -OCH3 is 1. The number of hydrogen-bond acceptors (Lipinski definition) is 4. The van der Waals surface area contributed by atoms with Crippen LogP contribution in [0.3, 0.4) is 0 Å². The van der Waals surface area contributed by atoms with Gasteiger partial charge in [0.25, 0.3) is 0 Å². The second kappa shape index (κ2) is 6.50. The van der Waals surface area contributed by atoms with Crippen LogP contribution in [0, 0.1) is 5.92 Å². The summed E-state index contributed by atoms with van der Waals surface area (Å²) >= 11 is 3.31. The Hall–Kier alpha value is -2.21. The van der Waals surface area contributed by atoms with Crippen molar-refractivity contribution in [2.24, 2.45) is 5.92 Å². The molecule has 0 saturated heterocycles. The molecule has 2 aromatic rings. The fourth-order valence-electron chi connectivity index (χ4n) is 2.73. The SMILES string of the molecule is COC(=O)c1ccc2c(c1)CC(C(=O)Nc1ccc(Br)cn1)C2. The molecule has 1 N–H and O–H groups in total. The molecule has 1 aromatic carbocycles. The lowest BCUT2D eigenvalue weighted by molar-refractivity contribution is -0.119. The lowest BCUT2D eigenvalue weighted by atomic mass is 10.1. The highest BCUT2D eigenvalue weighted by Gasteiger charge is 2.28. The van der Waals surface area contributed by atoms with Crippen molar-refractivity contribution in [3.63, 3.8) is 0 Å². The van der Waals surface area contributed by atoms with Crippen molar-refractivity contribution in [2.45, 2.75) is 12.8 Å². The lowest BCUT2D eigenvalue weighted by Crippen LogP contribution is -2.23. The highest BCUT2D eigenvalue weighted by Crippen LogP contribution is 2.28. The molecule has 3 rings (SSSR count). The van der Waals surface area contributed by atoms with Crippen LogP contribution in [0.15, 0.2) is 41.0 Å². The van der Waals surface area contributed by atoms with Crippen molar-refractivity contribution in [1.82, 2.24) is 4.98 Å². The third-order valence-electron chi connectivity index (χ3n) is 3.91. The van der Waals surface area contributed by atoms with Crippen molar-refractivity contribution in [1.29, 1.82) is 0 Å². The highest BCUT2D eigenvalue weighted by atomic mass is 79.9. The molecule has 118 valence electrons. The van der Waals surface area contributed by atoms with Crippen LogP contribution < -0.4 is 5.32 Å². The zero-order valence-corrected chi connectivity index (χ0v) is 14.1. The Bertz CT molecular complexity index is 759. The maximum atomic E-state index is 12.4. The van der Waals surface area contributed by atoms with Crippen LogP contribution in [-0.2, 0) is 22.4 Å². The number of carbonyl (C=O) groups is 2. The molecule has 23 heavy (non-hydrogen) atoms. The maximum absolute atomic E-state index is 12.4. The van der Waals surface area contributed by atoms with E-state index in [2.05, 4.69) is 26.2 Å². The minimum Gasteiger partial charge on any atom is -0.465 e. The first kappa shape index (κ1) is 15.7. The highest BCUT2D eigenvalue weighted by molar-refractivity contribution is 9.10. The molecular weight excluding hydrogens is 360 g/mol. The van der Waals surface area contributed by atoms with Gasteiger partial charge in [0.2, 0.25) is 5.91 Å². The number of anilines is 1. The summed E-state index contributed by atoms with van der Waals surface area (Å²) in [7, 11) is 1.36. The smallest absolute Gasteiger partial charge is 0.337 e. The average molecular weight is 375 g/mol. The Kier molecular flexibility index (Phi) is 4.43. The maximum Gasteiger partial charge on any atom is 0.337 e. The predicted molar refractivity (Wildman–Crippen MR) is 89.2 cm³/mol. The third-order valence-corrected chi connectivity index (χ3v) is 4.38. The summed E-state index contributed by atoms with van der Waals surface area (Å²) in [6.07, 6.45) is 2.92. The van der Waals surface area contributed by atoms with E-state index in [-0.39, 0.29) is 17.8 Å². The molecule has 0 aliphatic heterocycles. The molecule has 0 fully saturated rings. The first-order valence-electron chi connectivity index (χ1n) is 7.19. The number of hydrogen-bond donors (Lipinski definition) is 1. The summed E-state index contributed by atoms with van der Waals surface area (Å²) in [5.74, 6) is -0.0387. The van der Waals surface area contributed by atoms with E-state index in [1.165, 1.54) is 7.11 Å². The quantitative estimate of drug-likeness (QED) is 0.838. The van der Waals surface area contributed by atoms with Crippen molar-refractivity contribution in [2.75, 3.05) is 12.4 Å². The Morgan fingerprint density at radius 3 is 2.70 bits per heavy atom. The fraction of sp³-hybridized carbons (Fsp3) is 0.235. The molecule has 1 amide bonds. The standard InChI is InChI=1S/C17H15BrN2O3/c1-23-17(22)11-3-2-10-6-13(8-12(10)7-11)16(21)20-15-5-4-14(18)9-19-15/h2-5,7,9,13H,6,8H2,1H3,(H,19,20,21). The van der Waals surface area contributed by atoms with Gasteiger partial charge >= 0.3 is 5.97 Å². The van der Waals surface area contributed by atoms with Crippen LogP contribution in [0.4, 0.5) is 5.82 Å². The van der Waals surface area contributed by atoms with E-state index in [4.69, 9.17) is 4.74 Å². The summed E-state index contributed by atoms with van der Waals surface area (Å²) in [5, 5.41) is 2.83. The largest absolute Gasteiger partial charge is 0.465 e. The number of pyridine rings is 1. The molecule has 0 saturated carbocycles. The Morgan fingerprint density at radius 2 is 2.00 bits per heavy atom. The van der Waals surface area contributed by atoms with Crippen molar-refractivity contribution in [3.8, 4) is 0 Å². The number of ether oxygens (including phenoxy) is 1. The molecule has 1 aliphatic rings. The van der Waals surface area contributed by atoms with Crippen LogP contribution in [0.5, 0.6) is 0 Å². The molecule has 0 spiro atoms. The molecule has 6 heteroatoms. The van der Waals surface area contributed by atoms with Gasteiger partial charge in [-0.2, -0.15) is 0 Å². The van der Waals surface area contributed by atoms with E-state index < -0.39 is 0 Å². The van der Waals surface area contributed by atoms with Crippen LogP contribution >= 0.6 is 15.9 Å². The summed E-state index contributed by atoms with van der Waals surface area (Å²) < 4.78 is 5.59. The number of halogens is 1. The van der Waals surface area contributed by atoms with Gasteiger partial charge in [0, 0.05) is 16.6 Å². The summed E-state index contributed by atoms with van der Waals surface area (Å²) in [6, 6.07) is 9.02. The van der Waals surface area contributed by atoms with E-state index >= 15 is 0 Å². The topological polar surface area (TPSA) is 68.3 Å². The Balaban J connectivity index is 1.70. The zero-order chi connectivity index (χ0) is 16.4. The molecule has 1 heterocycles. The molecule has 1 aromatic heterocycles. The van der Waals surface area contributed by atoms with Gasteiger partial charge in [-0.15, -0.1) is 0 Å². The first-order valence-corrected chi connectivity index (χ1v) is 7.98. The van der Waals surface area contributed by atoms with E-state index in [0.717, 1.165) is 15.6 Å². The van der Waals surface area contributed by atoms with Crippen LogP contribution in [0.1, 0.15) is 21.5 Å². The van der Waals surface area contributed by atoms with Crippen molar-refractivity contribution in [3.05, 3.63) is 57.7 Å². The van der Waals surface area contributed by atoms with Gasteiger partial charge in [0.1, 0.15) is 5.82 Å². The molecular formula is C17H15BrN2O3. The van der Waals surface area contributed by atoms with E-state index in [9.17, 15) is 9.59 Å². The second-order valence-corrected chi connectivity index (χ2v) is 6.35. The number of benzene rings is 1. The summed E-state index contributed by atoms with van der Waals surface area (Å²) in [4.78, 5) is 28.1. The average Bonchev–Trinajstić information content (AvgIpc) is 2.99. The monoisotopic (exact) mass is 374 g/mol. The molecule has 5 nitrogen and oxygen atoms in total.